The minimum absolute atomic E-state index is 0.0419. The van der Waals surface area contributed by atoms with Gasteiger partial charge in [0.1, 0.15) is 0 Å². The van der Waals surface area contributed by atoms with Gasteiger partial charge in [0.2, 0.25) is 5.91 Å². The lowest BCUT2D eigenvalue weighted by Crippen LogP contribution is -2.37. The van der Waals surface area contributed by atoms with Crippen LogP contribution in [0.2, 0.25) is 10.0 Å². The molecular formula is C20H19Cl2N3O4. The Morgan fingerprint density at radius 3 is 2.24 bits per heavy atom. The van der Waals surface area contributed by atoms with Crippen LogP contribution in [-0.4, -0.2) is 27.9 Å². The van der Waals surface area contributed by atoms with E-state index in [2.05, 4.69) is 15.6 Å². The predicted molar refractivity (Wildman–Crippen MR) is 109 cm³/mol. The molecule has 1 atom stereocenters. The summed E-state index contributed by atoms with van der Waals surface area (Å²) < 4.78 is 0. The van der Waals surface area contributed by atoms with Crippen molar-refractivity contribution >= 4 is 46.7 Å². The number of carbonyl (C=O) groups is 3. The molecule has 3 N–H and O–H groups in total. The minimum atomic E-state index is -1.01. The number of aliphatic carboxylic acids is 1. The van der Waals surface area contributed by atoms with Crippen molar-refractivity contribution < 1.29 is 19.5 Å². The fraction of sp³-hybridized carbons (Fsp3) is 0.300. The highest BCUT2D eigenvalue weighted by molar-refractivity contribution is 6.40. The van der Waals surface area contributed by atoms with Crippen molar-refractivity contribution in [3.63, 3.8) is 0 Å². The Morgan fingerprint density at radius 2 is 1.72 bits per heavy atom. The number of amides is 2. The number of nitrogens with one attached hydrogen (secondary N) is 2. The first kappa shape index (κ1) is 21.1. The molecule has 29 heavy (non-hydrogen) atoms. The van der Waals surface area contributed by atoms with Crippen LogP contribution in [0.25, 0.3) is 0 Å². The number of hydrogen-bond acceptors (Lipinski definition) is 4. The molecule has 1 saturated carbocycles. The highest BCUT2D eigenvalue weighted by Gasteiger charge is 2.28. The van der Waals surface area contributed by atoms with E-state index < -0.39 is 17.9 Å². The Balaban J connectivity index is 1.72. The largest absolute Gasteiger partial charge is 0.481 e. The van der Waals surface area contributed by atoms with Crippen molar-refractivity contribution in [2.75, 3.05) is 5.32 Å². The van der Waals surface area contributed by atoms with Crippen molar-refractivity contribution in [2.45, 2.75) is 31.7 Å². The second-order valence-corrected chi connectivity index (χ2v) is 7.66. The van der Waals surface area contributed by atoms with Crippen LogP contribution in [0, 0.1) is 5.92 Å². The lowest BCUT2D eigenvalue weighted by molar-refractivity contribution is -0.138. The van der Waals surface area contributed by atoms with Crippen LogP contribution in [0.3, 0.4) is 0 Å². The van der Waals surface area contributed by atoms with E-state index in [1.165, 1.54) is 12.4 Å². The van der Waals surface area contributed by atoms with Gasteiger partial charge in [-0.2, -0.15) is 0 Å². The molecule has 1 aromatic carbocycles. The van der Waals surface area contributed by atoms with Crippen LogP contribution >= 0.6 is 23.2 Å². The van der Waals surface area contributed by atoms with E-state index in [0.29, 0.717) is 11.3 Å². The Bertz CT molecular complexity index is 910. The van der Waals surface area contributed by atoms with Gasteiger partial charge >= 0.3 is 5.97 Å². The summed E-state index contributed by atoms with van der Waals surface area (Å²) in [6.45, 7) is 0. The van der Waals surface area contributed by atoms with Gasteiger partial charge in [-0.15, -0.1) is 0 Å². The molecule has 0 aliphatic heterocycles. The van der Waals surface area contributed by atoms with Gasteiger partial charge in [-0.1, -0.05) is 41.8 Å². The number of carboxylic acid groups (broad SMARTS) is 1. The van der Waals surface area contributed by atoms with E-state index in [4.69, 9.17) is 23.2 Å². The zero-order valence-corrected chi connectivity index (χ0v) is 16.8. The fourth-order valence-electron chi connectivity index (χ4n) is 3.01. The molecule has 0 spiro atoms. The van der Waals surface area contributed by atoms with Crippen LogP contribution in [-0.2, 0) is 9.59 Å². The topological polar surface area (TPSA) is 108 Å². The summed E-state index contributed by atoms with van der Waals surface area (Å²) in [5, 5.41) is 14.9. The first-order valence-electron chi connectivity index (χ1n) is 9.07. The molecule has 1 heterocycles. The lowest BCUT2D eigenvalue weighted by Gasteiger charge is -2.27. The van der Waals surface area contributed by atoms with Crippen LogP contribution in [0.1, 0.15) is 47.6 Å². The van der Waals surface area contributed by atoms with Crippen LogP contribution in [0.4, 0.5) is 5.69 Å². The highest BCUT2D eigenvalue weighted by atomic mass is 35.5. The van der Waals surface area contributed by atoms with Crippen molar-refractivity contribution in [3.05, 3.63) is 57.8 Å². The van der Waals surface area contributed by atoms with Gasteiger partial charge in [0, 0.05) is 24.0 Å². The summed E-state index contributed by atoms with van der Waals surface area (Å²) in [6, 6.07) is 5.94. The number of anilines is 1. The molecule has 2 aromatic rings. The van der Waals surface area contributed by atoms with E-state index in [1.807, 2.05) is 0 Å². The summed E-state index contributed by atoms with van der Waals surface area (Å²) in [6.07, 6.45) is 5.10. The van der Waals surface area contributed by atoms with E-state index in [-0.39, 0.29) is 33.9 Å². The SMILES string of the molecule is O=C(O)CC(NC(=O)C1CCC1)c1ccc(NC(=O)c2c(Cl)cncc2Cl)cc1. The van der Waals surface area contributed by atoms with Gasteiger partial charge in [0.05, 0.1) is 28.1 Å². The van der Waals surface area contributed by atoms with Crippen molar-refractivity contribution in [1.29, 1.82) is 0 Å². The van der Waals surface area contributed by atoms with Crippen molar-refractivity contribution in [3.8, 4) is 0 Å². The maximum atomic E-state index is 12.4. The normalized spacial score (nSPS) is 14.6. The third-order valence-electron chi connectivity index (χ3n) is 4.82. The number of aromatic nitrogens is 1. The van der Waals surface area contributed by atoms with E-state index in [0.717, 1.165) is 19.3 Å². The molecule has 0 radical (unpaired) electrons. The molecular weight excluding hydrogens is 417 g/mol. The Kier molecular flexibility index (Phi) is 6.71. The molecule has 3 rings (SSSR count). The van der Waals surface area contributed by atoms with Gasteiger partial charge in [0.25, 0.3) is 5.91 Å². The molecule has 1 aliphatic carbocycles. The molecule has 2 amide bonds. The van der Waals surface area contributed by atoms with Crippen molar-refractivity contribution in [2.24, 2.45) is 5.92 Å². The molecule has 0 bridgehead atoms. The van der Waals surface area contributed by atoms with Crippen molar-refractivity contribution in [1.82, 2.24) is 10.3 Å². The zero-order chi connectivity index (χ0) is 21.0. The van der Waals surface area contributed by atoms with Crippen LogP contribution < -0.4 is 10.6 Å². The second kappa shape index (κ2) is 9.24. The summed E-state index contributed by atoms with van der Waals surface area (Å²) >= 11 is 12.0. The number of carboxylic acids is 1. The maximum Gasteiger partial charge on any atom is 0.305 e. The standard InChI is InChI=1S/C20H19Cl2N3O4/c21-14-9-23-10-15(22)18(14)20(29)24-13-6-4-11(5-7-13)16(8-17(26)27)25-19(28)12-2-1-3-12/h4-7,9-10,12,16H,1-3,8H2,(H,24,29)(H,25,28)(H,26,27). The molecule has 1 fully saturated rings. The first-order valence-corrected chi connectivity index (χ1v) is 9.83. The number of pyridine rings is 1. The van der Waals surface area contributed by atoms with Gasteiger partial charge in [0.15, 0.2) is 0 Å². The maximum absolute atomic E-state index is 12.4. The van der Waals surface area contributed by atoms with E-state index in [1.54, 1.807) is 24.3 Å². The van der Waals surface area contributed by atoms with E-state index in [9.17, 15) is 19.5 Å². The average Bonchev–Trinajstić information content (AvgIpc) is 2.59. The van der Waals surface area contributed by atoms with Crippen LogP contribution in [0.5, 0.6) is 0 Å². The highest BCUT2D eigenvalue weighted by Crippen LogP contribution is 2.29. The third kappa shape index (κ3) is 5.25. The van der Waals surface area contributed by atoms with Crippen LogP contribution in [0.15, 0.2) is 36.7 Å². The number of halogens is 2. The third-order valence-corrected chi connectivity index (χ3v) is 5.40. The molecule has 9 heteroatoms. The number of nitrogens with zero attached hydrogens (tertiary/aromatic N) is 1. The average molecular weight is 436 g/mol. The molecule has 1 aliphatic rings. The van der Waals surface area contributed by atoms with Gasteiger partial charge in [-0.05, 0) is 30.5 Å². The Hall–Kier alpha value is -2.64. The lowest BCUT2D eigenvalue weighted by atomic mass is 9.84. The summed E-state index contributed by atoms with van der Waals surface area (Å²) in [5.41, 5.74) is 1.23. The Morgan fingerprint density at radius 1 is 1.10 bits per heavy atom. The minimum Gasteiger partial charge on any atom is -0.481 e. The first-order chi connectivity index (χ1) is 13.8. The smallest absolute Gasteiger partial charge is 0.305 e. The molecule has 7 nitrogen and oxygen atoms in total. The molecule has 0 saturated heterocycles. The number of carbonyl (C=O) groups excluding carboxylic acids is 2. The number of rotatable bonds is 7. The predicted octanol–water partition coefficient (Wildman–Crippen LogP) is 4.07. The summed E-state index contributed by atoms with van der Waals surface area (Å²) in [4.78, 5) is 39.7. The summed E-state index contributed by atoms with van der Waals surface area (Å²) in [5.74, 6) is -1.67. The monoisotopic (exact) mass is 435 g/mol. The molecule has 1 aromatic heterocycles. The Labute approximate surface area is 177 Å². The summed E-state index contributed by atoms with van der Waals surface area (Å²) in [7, 11) is 0. The second-order valence-electron chi connectivity index (χ2n) is 6.84. The van der Waals surface area contributed by atoms with E-state index >= 15 is 0 Å². The van der Waals surface area contributed by atoms with Gasteiger partial charge in [-0.3, -0.25) is 19.4 Å². The number of hydrogen-bond donors (Lipinski definition) is 3. The number of benzene rings is 1. The van der Waals surface area contributed by atoms with Gasteiger partial charge < -0.3 is 15.7 Å². The molecule has 152 valence electrons. The quantitative estimate of drug-likeness (QED) is 0.607. The van der Waals surface area contributed by atoms with Gasteiger partial charge in [-0.25, -0.2) is 0 Å². The fourth-order valence-corrected chi connectivity index (χ4v) is 3.54. The molecule has 1 unspecified atom stereocenters. The zero-order valence-electron chi connectivity index (χ0n) is 15.3.